The highest BCUT2D eigenvalue weighted by Crippen LogP contribution is 2.22. The number of ether oxygens (including phenoxy) is 1. The van der Waals surface area contributed by atoms with Gasteiger partial charge in [0.1, 0.15) is 5.75 Å². The highest BCUT2D eigenvalue weighted by molar-refractivity contribution is 5.80. The minimum atomic E-state index is -0.594. The number of nitrogens with two attached hydrogens (primary N) is 1. The Bertz CT molecular complexity index is 543. The Morgan fingerprint density at radius 2 is 2.00 bits per heavy atom. The molecule has 1 heterocycles. The van der Waals surface area contributed by atoms with Crippen LogP contribution in [0.4, 0.5) is 4.79 Å². The van der Waals surface area contributed by atoms with Crippen molar-refractivity contribution in [3.8, 4) is 17.0 Å². The zero-order valence-corrected chi connectivity index (χ0v) is 9.68. The van der Waals surface area contributed by atoms with Gasteiger partial charge >= 0.3 is 6.03 Å². The molecule has 1 amide bonds. The molecule has 17 heavy (non-hydrogen) atoms. The van der Waals surface area contributed by atoms with Crippen molar-refractivity contribution in [3.63, 3.8) is 0 Å². The van der Waals surface area contributed by atoms with Gasteiger partial charge in [0.25, 0.3) is 0 Å². The number of amides is 1. The van der Waals surface area contributed by atoms with E-state index in [9.17, 15) is 4.79 Å². The van der Waals surface area contributed by atoms with E-state index < -0.39 is 6.03 Å². The minimum absolute atomic E-state index is 0.594. The first-order chi connectivity index (χ1) is 8.11. The number of carbonyl (C=O) groups excluding carboxylic acids is 1. The quantitative estimate of drug-likeness (QED) is 0.856. The first-order valence-electron chi connectivity index (χ1n) is 5.12. The van der Waals surface area contributed by atoms with E-state index in [0.29, 0.717) is 5.69 Å². The van der Waals surface area contributed by atoms with Crippen LogP contribution in [-0.4, -0.2) is 22.9 Å². The summed E-state index contributed by atoms with van der Waals surface area (Å²) in [6, 6.07) is 8.58. The zero-order chi connectivity index (χ0) is 12.4. The molecule has 88 valence electrons. The largest absolute Gasteiger partial charge is 0.497 e. The molecule has 2 N–H and O–H groups in total. The molecule has 0 bridgehead atoms. The summed E-state index contributed by atoms with van der Waals surface area (Å²) in [4.78, 5) is 11.2. The lowest BCUT2D eigenvalue weighted by atomic mass is 10.1. The van der Waals surface area contributed by atoms with Crippen molar-refractivity contribution >= 4 is 6.03 Å². The first-order valence-corrected chi connectivity index (χ1v) is 5.12. The van der Waals surface area contributed by atoms with Crippen LogP contribution in [0.15, 0.2) is 30.3 Å². The summed E-state index contributed by atoms with van der Waals surface area (Å²) >= 11 is 0. The first kappa shape index (κ1) is 11.2. The van der Waals surface area contributed by atoms with E-state index in [2.05, 4.69) is 5.10 Å². The Labute approximate surface area is 98.8 Å². The lowest BCUT2D eigenvalue weighted by Crippen LogP contribution is -2.21. The van der Waals surface area contributed by atoms with Crippen LogP contribution in [0.3, 0.4) is 0 Å². The van der Waals surface area contributed by atoms with Crippen LogP contribution in [-0.2, 0) is 0 Å². The predicted molar refractivity (Wildman–Crippen MR) is 63.9 cm³/mol. The number of aryl methyl sites for hydroxylation is 1. The number of hydrogen-bond donors (Lipinski definition) is 1. The van der Waals surface area contributed by atoms with Crippen molar-refractivity contribution in [1.82, 2.24) is 9.78 Å². The van der Waals surface area contributed by atoms with Crippen molar-refractivity contribution in [2.45, 2.75) is 6.92 Å². The van der Waals surface area contributed by atoms with Crippen LogP contribution in [0.25, 0.3) is 11.3 Å². The summed E-state index contributed by atoms with van der Waals surface area (Å²) in [6.07, 6.45) is 0. The molecule has 0 aliphatic rings. The predicted octanol–water partition coefficient (Wildman–Crippen LogP) is 1.79. The number of methoxy groups -OCH3 is 1. The Hall–Kier alpha value is -2.30. The molecule has 0 fully saturated rings. The van der Waals surface area contributed by atoms with Gasteiger partial charge in [0.05, 0.1) is 18.5 Å². The van der Waals surface area contributed by atoms with Crippen LogP contribution in [0, 0.1) is 6.92 Å². The number of benzene rings is 1. The lowest BCUT2D eigenvalue weighted by molar-refractivity contribution is 0.248. The van der Waals surface area contributed by atoms with Gasteiger partial charge in [0, 0.05) is 5.56 Å². The van der Waals surface area contributed by atoms with Crippen LogP contribution in [0.2, 0.25) is 0 Å². The van der Waals surface area contributed by atoms with E-state index in [1.165, 1.54) is 4.68 Å². The van der Waals surface area contributed by atoms with Gasteiger partial charge in [-0.3, -0.25) is 0 Å². The van der Waals surface area contributed by atoms with Crippen molar-refractivity contribution in [1.29, 1.82) is 0 Å². The Morgan fingerprint density at radius 3 is 2.53 bits per heavy atom. The summed E-state index contributed by atoms with van der Waals surface area (Å²) in [7, 11) is 1.60. The van der Waals surface area contributed by atoms with E-state index in [4.69, 9.17) is 10.5 Å². The van der Waals surface area contributed by atoms with Gasteiger partial charge in [-0.25, -0.2) is 4.79 Å². The summed E-state index contributed by atoms with van der Waals surface area (Å²) < 4.78 is 6.27. The average Bonchev–Trinajstić information content (AvgIpc) is 2.72. The Kier molecular flexibility index (Phi) is 2.82. The third kappa shape index (κ3) is 2.13. The Balaban J connectivity index is 2.48. The molecule has 0 unspecified atom stereocenters. The highest BCUT2D eigenvalue weighted by Gasteiger charge is 2.11. The van der Waals surface area contributed by atoms with E-state index in [1.54, 1.807) is 7.11 Å². The fourth-order valence-corrected chi connectivity index (χ4v) is 1.63. The number of primary amides is 1. The van der Waals surface area contributed by atoms with Gasteiger partial charge in [-0.05, 0) is 37.3 Å². The van der Waals surface area contributed by atoms with Crippen LogP contribution in [0.5, 0.6) is 5.75 Å². The standard InChI is InChI=1S/C12H13N3O2/c1-8-7-11(15(14-8)12(13)16)9-3-5-10(17-2)6-4-9/h3-7H,1-2H3,(H2,13,16). The topological polar surface area (TPSA) is 70.1 Å². The number of nitrogens with zero attached hydrogens (tertiary/aromatic N) is 2. The summed E-state index contributed by atoms with van der Waals surface area (Å²) in [6.45, 7) is 1.81. The maximum atomic E-state index is 11.2. The van der Waals surface area contributed by atoms with Crippen LogP contribution in [0.1, 0.15) is 5.69 Å². The van der Waals surface area contributed by atoms with Crippen molar-refractivity contribution in [2.24, 2.45) is 5.73 Å². The van der Waals surface area contributed by atoms with Crippen molar-refractivity contribution in [3.05, 3.63) is 36.0 Å². The SMILES string of the molecule is COc1ccc(-c2cc(C)nn2C(N)=O)cc1. The molecule has 0 saturated carbocycles. The van der Waals surface area contributed by atoms with Crippen molar-refractivity contribution in [2.75, 3.05) is 7.11 Å². The van der Waals surface area contributed by atoms with E-state index >= 15 is 0 Å². The average molecular weight is 231 g/mol. The van der Waals surface area contributed by atoms with E-state index in [-0.39, 0.29) is 0 Å². The van der Waals surface area contributed by atoms with Gasteiger partial charge in [0.15, 0.2) is 0 Å². The molecule has 0 aliphatic heterocycles. The second-order valence-corrected chi connectivity index (χ2v) is 3.65. The fraction of sp³-hybridized carbons (Fsp3) is 0.167. The molecule has 0 radical (unpaired) electrons. The van der Waals surface area contributed by atoms with E-state index in [0.717, 1.165) is 17.0 Å². The molecule has 0 spiro atoms. The second-order valence-electron chi connectivity index (χ2n) is 3.65. The molecule has 5 nitrogen and oxygen atoms in total. The lowest BCUT2D eigenvalue weighted by Gasteiger charge is -2.04. The smallest absolute Gasteiger partial charge is 0.340 e. The molecule has 0 aliphatic carbocycles. The van der Waals surface area contributed by atoms with Gasteiger partial charge in [-0.15, -0.1) is 0 Å². The molecular weight excluding hydrogens is 218 g/mol. The van der Waals surface area contributed by atoms with Crippen LogP contribution < -0.4 is 10.5 Å². The van der Waals surface area contributed by atoms with Gasteiger partial charge < -0.3 is 10.5 Å². The molecule has 1 aromatic carbocycles. The Morgan fingerprint density at radius 1 is 1.35 bits per heavy atom. The third-order valence-electron chi connectivity index (χ3n) is 2.43. The number of aromatic nitrogens is 2. The summed E-state index contributed by atoms with van der Waals surface area (Å²) in [5.74, 6) is 0.760. The molecule has 0 saturated heterocycles. The van der Waals surface area contributed by atoms with Gasteiger partial charge in [0.2, 0.25) is 0 Å². The fourth-order valence-electron chi connectivity index (χ4n) is 1.63. The molecular formula is C12H13N3O2. The maximum Gasteiger partial charge on any atom is 0.340 e. The third-order valence-corrected chi connectivity index (χ3v) is 2.43. The van der Waals surface area contributed by atoms with Crippen LogP contribution >= 0.6 is 0 Å². The normalized spacial score (nSPS) is 10.2. The molecule has 1 aromatic heterocycles. The number of hydrogen-bond acceptors (Lipinski definition) is 3. The van der Waals surface area contributed by atoms with E-state index in [1.807, 2.05) is 37.3 Å². The highest BCUT2D eigenvalue weighted by atomic mass is 16.5. The molecule has 2 aromatic rings. The minimum Gasteiger partial charge on any atom is -0.497 e. The zero-order valence-electron chi connectivity index (χ0n) is 9.68. The number of carbonyl (C=O) groups is 1. The summed E-state index contributed by atoms with van der Waals surface area (Å²) in [5, 5.41) is 4.04. The van der Waals surface area contributed by atoms with Crippen molar-refractivity contribution < 1.29 is 9.53 Å². The van der Waals surface area contributed by atoms with Gasteiger partial charge in [-0.2, -0.15) is 9.78 Å². The maximum absolute atomic E-state index is 11.2. The molecule has 2 rings (SSSR count). The number of rotatable bonds is 2. The molecule has 0 atom stereocenters. The van der Waals surface area contributed by atoms with Gasteiger partial charge in [-0.1, -0.05) is 0 Å². The summed E-state index contributed by atoms with van der Waals surface area (Å²) in [5.41, 5.74) is 7.55. The molecule has 5 heteroatoms. The monoisotopic (exact) mass is 231 g/mol. The second kappa shape index (κ2) is 4.29.